The molecule has 4 nitrogen and oxygen atoms in total. The quantitative estimate of drug-likeness (QED) is 0.539. The molecule has 0 saturated carbocycles. The van der Waals surface area contributed by atoms with Crippen LogP contribution >= 0.6 is 0 Å². The Morgan fingerprint density at radius 1 is 1.07 bits per heavy atom. The van der Waals surface area contributed by atoms with E-state index in [1.165, 1.54) is 0 Å². The molecule has 0 unspecified atom stereocenters. The Bertz CT molecular complexity index is 403. The van der Waals surface area contributed by atoms with Crippen LogP contribution in [-0.2, 0) is 17.7 Å². The van der Waals surface area contributed by atoms with E-state index in [2.05, 4.69) is 6.58 Å². The Labute approximate surface area is 78.7 Å². The lowest BCUT2D eigenvalue weighted by atomic mass is 10.8. The minimum atomic E-state index is -5.20. The summed E-state index contributed by atoms with van der Waals surface area (Å²) in [6, 6.07) is 0. The standard InChI is InChI=1S/C5H7F3O4S2/c1-2-3-13(9,10)14(11,12)4-5(6,7)8/h2H,1,3-4H2. The van der Waals surface area contributed by atoms with E-state index < -0.39 is 35.4 Å². The van der Waals surface area contributed by atoms with Gasteiger partial charge in [-0.1, -0.05) is 6.08 Å². The van der Waals surface area contributed by atoms with Crippen molar-refractivity contribution < 1.29 is 30.0 Å². The van der Waals surface area contributed by atoms with Gasteiger partial charge in [-0.3, -0.25) is 0 Å². The van der Waals surface area contributed by atoms with Crippen LogP contribution in [0.1, 0.15) is 0 Å². The SMILES string of the molecule is C=CCS(=O)(=O)S(=O)(=O)CC(F)(F)F. The minimum Gasteiger partial charge on any atom is -0.212 e. The van der Waals surface area contributed by atoms with Gasteiger partial charge in [0.25, 0.3) is 17.7 Å². The molecule has 0 fully saturated rings. The van der Waals surface area contributed by atoms with E-state index in [1.54, 1.807) is 0 Å². The van der Waals surface area contributed by atoms with Gasteiger partial charge in [0.2, 0.25) is 0 Å². The fourth-order valence-corrected chi connectivity index (χ4v) is 3.46. The van der Waals surface area contributed by atoms with Gasteiger partial charge in [-0.2, -0.15) is 13.2 Å². The third-order valence-electron chi connectivity index (χ3n) is 1.05. The van der Waals surface area contributed by atoms with E-state index in [9.17, 15) is 30.0 Å². The fraction of sp³-hybridized carbons (Fsp3) is 0.600. The van der Waals surface area contributed by atoms with Crippen LogP contribution in [0.25, 0.3) is 0 Å². The highest BCUT2D eigenvalue weighted by Gasteiger charge is 2.41. The van der Waals surface area contributed by atoms with E-state index in [-0.39, 0.29) is 0 Å². The Kier molecular flexibility index (Phi) is 3.73. The van der Waals surface area contributed by atoms with Gasteiger partial charge in [-0.15, -0.1) is 6.58 Å². The zero-order valence-electron chi connectivity index (χ0n) is 6.78. The molecule has 84 valence electrons. The van der Waals surface area contributed by atoms with Crippen LogP contribution in [0.3, 0.4) is 0 Å². The molecular weight excluding hydrogens is 245 g/mol. The second-order valence-electron chi connectivity index (χ2n) is 2.33. The molecule has 0 N–H and O–H groups in total. The first-order valence-corrected chi connectivity index (χ1v) is 6.97. The normalized spacial score (nSPS) is 13.9. The smallest absolute Gasteiger partial charge is 0.212 e. The van der Waals surface area contributed by atoms with E-state index in [0.29, 0.717) is 6.08 Å². The minimum absolute atomic E-state index is 0.712. The molecule has 0 bridgehead atoms. The summed E-state index contributed by atoms with van der Waals surface area (Å²) in [6.07, 6.45) is -4.35. The molecule has 9 heteroatoms. The summed E-state index contributed by atoms with van der Waals surface area (Å²) in [5.74, 6) is -3.39. The molecule has 14 heavy (non-hydrogen) atoms. The lowest BCUT2D eigenvalue weighted by Gasteiger charge is -2.06. The monoisotopic (exact) mass is 252 g/mol. The van der Waals surface area contributed by atoms with Crippen molar-refractivity contribution >= 4 is 17.7 Å². The van der Waals surface area contributed by atoms with E-state index in [0.717, 1.165) is 0 Å². The summed E-state index contributed by atoms with van der Waals surface area (Å²) >= 11 is 0. The highest BCUT2D eigenvalue weighted by Crippen LogP contribution is 2.20. The van der Waals surface area contributed by atoms with Gasteiger partial charge in [0.15, 0.2) is 5.75 Å². The summed E-state index contributed by atoms with van der Waals surface area (Å²) in [6.45, 7) is 2.93. The molecular formula is C5H7F3O4S2. The number of rotatable bonds is 4. The molecule has 0 aliphatic carbocycles. The lowest BCUT2D eigenvalue weighted by Crippen LogP contribution is -2.29. The average Bonchev–Trinajstić information content (AvgIpc) is 1.79. The summed E-state index contributed by atoms with van der Waals surface area (Å²) in [5, 5.41) is 0. The summed E-state index contributed by atoms with van der Waals surface area (Å²) in [7, 11) is -10.0. The number of alkyl halides is 3. The third-order valence-corrected chi connectivity index (χ3v) is 6.23. The molecule has 0 heterocycles. The highest BCUT2D eigenvalue weighted by atomic mass is 33.2. The van der Waals surface area contributed by atoms with E-state index in [1.807, 2.05) is 0 Å². The van der Waals surface area contributed by atoms with Gasteiger partial charge in [-0.05, 0) is 0 Å². The molecule has 0 radical (unpaired) electrons. The van der Waals surface area contributed by atoms with Crippen LogP contribution in [0.5, 0.6) is 0 Å². The summed E-state index contributed by atoms with van der Waals surface area (Å²) < 4.78 is 77.9. The first kappa shape index (κ1) is 13.4. The van der Waals surface area contributed by atoms with Crippen molar-refractivity contribution in [2.75, 3.05) is 11.5 Å². The van der Waals surface area contributed by atoms with Crippen molar-refractivity contribution in [1.82, 2.24) is 0 Å². The van der Waals surface area contributed by atoms with Crippen LogP contribution in [-0.4, -0.2) is 34.5 Å². The fourth-order valence-electron chi connectivity index (χ4n) is 0.538. The maximum Gasteiger partial charge on any atom is 0.403 e. The van der Waals surface area contributed by atoms with Crippen LogP contribution in [0.4, 0.5) is 13.2 Å². The van der Waals surface area contributed by atoms with Gasteiger partial charge in [-0.25, -0.2) is 16.8 Å². The Morgan fingerprint density at radius 3 is 1.79 bits per heavy atom. The van der Waals surface area contributed by atoms with Gasteiger partial charge in [0, 0.05) is 0 Å². The number of halogens is 3. The first-order valence-electron chi connectivity index (χ1n) is 3.15. The maximum absolute atomic E-state index is 11.7. The first-order chi connectivity index (χ1) is 6.02. The maximum atomic E-state index is 11.7. The van der Waals surface area contributed by atoms with E-state index >= 15 is 0 Å². The number of hydrogen-bond donors (Lipinski definition) is 0. The molecule has 0 saturated heterocycles. The molecule has 0 amide bonds. The van der Waals surface area contributed by atoms with Crippen molar-refractivity contribution in [2.24, 2.45) is 0 Å². The van der Waals surface area contributed by atoms with Crippen molar-refractivity contribution in [3.8, 4) is 0 Å². The van der Waals surface area contributed by atoms with Crippen LogP contribution in [0.15, 0.2) is 12.7 Å². The average molecular weight is 252 g/mol. The largest absolute Gasteiger partial charge is 0.403 e. The Balaban J connectivity index is 5.10. The Morgan fingerprint density at radius 2 is 1.50 bits per heavy atom. The van der Waals surface area contributed by atoms with Crippen molar-refractivity contribution in [1.29, 1.82) is 0 Å². The molecule has 0 aromatic carbocycles. The van der Waals surface area contributed by atoms with Gasteiger partial charge < -0.3 is 0 Å². The van der Waals surface area contributed by atoms with E-state index in [4.69, 9.17) is 0 Å². The Hall–Kier alpha value is -0.570. The molecule has 0 rings (SSSR count). The zero-order chi connectivity index (χ0) is 11.6. The third kappa shape index (κ3) is 3.66. The second kappa shape index (κ2) is 3.89. The van der Waals surface area contributed by atoms with Gasteiger partial charge in [0.1, 0.15) is 0 Å². The van der Waals surface area contributed by atoms with Gasteiger partial charge in [0.05, 0.1) is 5.75 Å². The van der Waals surface area contributed by atoms with Gasteiger partial charge >= 0.3 is 6.18 Å². The second-order valence-corrected chi connectivity index (χ2v) is 8.23. The molecule has 0 spiro atoms. The van der Waals surface area contributed by atoms with Crippen molar-refractivity contribution in [3.05, 3.63) is 12.7 Å². The molecule has 0 aromatic heterocycles. The predicted molar refractivity (Wildman–Crippen MR) is 43.8 cm³/mol. The molecule has 0 atom stereocenters. The molecule has 0 aliphatic rings. The van der Waals surface area contributed by atoms with Crippen molar-refractivity contribution in [3.63, 3.8) is 0 Å². The zero-order valence-corrected chi connectivity index (χ0v) is 8.42. The summed E-state index contributed by atoms with van der Waals surface area (Å²) in [5.41, 5.74) is 0. The predicted octanol–water partition coefficient (Wildman–Crippen LogP) is 0.479. The highest BCUT2D eigenvalue weighted by molar-refractivity contribution is 8.67. The van der Waals surface area contributed by atoms with Crippen molar-refractivity contribution in [2.45, 2.75) is 6.18 Å². The topological polar surface area (TPSA) is 68.3 Å². The molecule has 0 aromatic rings. The van der Waals surface area contributed by atoms with Crippen LogP contribution in [0.2, 0.25) is 0 Å². The summed E-state index contributed by atoms with van der Waals surface area (Å²) in [4.78, 5) is 0. The molecule has 0 aliphatic heterocycles. The van der Waals surface area contributed by atoms with Crippen LogP contribution < -0.4 is 0 Å². The van der Waals surface area contributed by atoms with Crippen LogP contribution in [0, 0.1) is 0 Å². The number of hydrogen-bond acceptors (Lipinski definition) is 4. The lowest BCUT2D eigenvalue weighted by molar-refractivity contribution is -0.106.